The zero-order valence-corrected chi connectivity index (χ0v) is 11.2. The Morgan fingerprint density at radius 2 is 1.50 bits per heavy atom. The highest BCUT2D eigenvalue weighted by Gasteiger charge is 2.74. The van der Waals surface area contributed by atoms with Gasteiger partial charge in [-0.1, -0.05) is 11.6 Å². The van der Waals surface area contributed by atoms with Gasteiger partial charge < -0.3 is 0 Å². The Morgan fingerprint density at radius 3 is 1.85 bits per heavy atom. The summed E-state index contributed by atoms with van der Waals surface area (Å²) in [5.41, 5.74) is -8.03. The number of hydrogen-bond acceptors (Lipinski definition) is 0. The van der Waals surface area contributed by atoms with E-state index in [1.54, 1.807) is 0 Å². The molecule has 1 rings (SSSR count). The predicted octanol–water partition coefficient (Wildman–Crippen LogP) is 5.48. The Morgan fingerprint density at radius 1 is 1.05 bits per heavy atom. The smallest absolute Gasteiger partial charge is 0.218 e. The first kappa shape index (κ1) is 17.4. The molecule has 1 aromatic rings. The predicted molar refractivity (Wildman–Crippen MR) is 59.5 cm³/mol. The van der Waals surface area contributed by atoms with Gasteiger partial charge in [0, 0.05) is 22.5 Å². The molecule has 0 aromatic heterocycles. The summed E-state index contributed by atoms with van der Waals surface area (Å²) in [6, 6.07) is 2.53. The van der Waals surface area contributed by atoms with E-state index in [9.17, 15) is 30.7 Å². The average Bonchev–Trinajstić information content (AvgIpc) is 2.23. The topological polar surface area (TPSA) is 0 Å². The fraction of sp³-hybridized carbons (Fsp3) is 0.455. The van der Waals surface area contributed by atoms with Gasteiger partial charge in [-0.05, 0) is 24.1 Å². The van der Waals surface area contributed by atoms with E-state index in [1.165, 1.54) is 0 Å². The molecule has 0 fully saturated rings. The number of rotatable bonds is 2. The van der Waals surface area contributed by atoms with Crippen molar-refractivity contribution in [2.75, 3.05) is 0 Å². The highest BCUT2D eigenvalue weighted by atomic mass is 35.5. The summed E-state index contributed by atoms with van der Waals surface area (Å²) < 4.78 is 90.0. The second-order valence-corrected chi connectivity index (χ2v) is 4.60. The lowest BCUT2D eigenvalue weighted by Crippen LogP contribution is -2.51. The molecule has 1 aromatic carbocycles. The molecule has 0 N–H and O–H groups in total. The standard InChI is InChI=1S/C11H6Cl2F7/c1-5-2-6(13)3-8(7(5)4-12)9(14,10(15,16)17)11(18,19)20/h3H,4H2,1H3. The minimum absolute atomic E-state index is 0.182. The average molecular weight is 342 g/mol. The van der Waals surface area contributed by atoms with Gasteiger partial charge in [0.2, 0.25) is 0 Å². The molecule has 0 bridgehead atoms. The molecule has 0 nitrogen and oxygen atoms in total. The first-order chi connectivity index (χ1) is 8.86. The number of benzene rings is 1. The van der Waals surface area contributed by atoms with Crippen LogP contribution < -0.4 is 0 Å². The summed E-state index contributed by atoms with van der Waals surface area (Å²) in [5, 5.41) is -0.568. The molecule has 1 radical (unpaired) electrons. The van der Waals surface area contributed by atoms with Crippen LogP contribution in [0.25, 0.3) is 0 Å². The molecule has 0 heterocycles. The molecule has 0 aliphatic heterocycles. The molecule has 0 aliphatic rings. The van der Waals surface area contributed by atoms with Crippen molar-refractivity contribution in [3.63, 3.8) is 0 Å². The SMILES string of the molecule is Cc1[c]c(Cl)cc(C(F)(C(F)(F)F)C(F)(F)F)c1CCl. The monoisotopic (exact) mass is 341 g/mol. The van der Waals surface area contributed by atoms with Crippen LogP contribution >= 0.6 is 23.2 Å². The molecule has 20 heavy (non-hydrogen) atoms. The molecule has 0 aliphatic carbocycles. The van der Waals surface area contributed by atoms with Crippen molar-refractivity contribution >= 4 is 23.2 Å². The number of halogens is 9. The van der Waals surface area contributed by atoms with Crippen molar-refractivity contribution in [3.8, 4) is 0 Å². The van der Waals surface area contributed by atoms with Gasteiger partial charge in [-0.3, -0.25) is 0 Å². The van der Waals surface area contributed by atoms with Gasteiger partial charge in [-0.25, -0.2) is 4.39 Å². The highest BCUT2D eigenvalue weighted by Crippen LogP contribution is 2.54. The van der Waals surface area contributed by atoms with E-state index < -0.39 is 40.1 Å². The van der Waals surface area contributed by atoms with Crippen LogP contribution in [0.5, 0.6) is 0 Å². The van der Waals surface area contributed by atoms with Crippen molar-refractivity contribution in [2.24, 2.45) is 0 Å². The van der Waals surface area contributed by atoms with Gasteiger partial charge >= 0.3 is 18.0 Å². The minimum atomic E-state index is -6.21. The molecule has 113 valence electrons. The van der Waals surface area contributed by atoms with Crippen LogP contribution in [-0.4, -0.2) is 12.4 Å². The molecular weight excluding hydrogens is 336 g/mol. The van der Waals surface area contributed by atoms with Crippen LogP contribution in [0.3, 0.4) is 0 Å². The van der Waals surface area contributed by atoms with Crippen LogP contribution in [0.4, 0.5) is 30.7 Å². The van der Waals surface area contributed by atoms with Gasteiger partial charge in [-0.15, -0.1) is 11.6 Å². The first-order valence-electron chi connectivity index (χ1n) is 4.96. The quantitative estimate of drug-likeness (QED) is 0.493. The largest absolute Gasteiger partial charge is 0.435 e. The Hall–Kier alpha value is -0.690. The van der Waals surface area contributed by atoms with Crippen LogP contribution in [0.1, 0.15) is 16.7 Å². The Kier molecular flexibility index (Phi) is 4.56. The van der Waals surface area contributed by atoms with E-state index in [0.717, 1.165) is 6.92 Å². The Bertz CT molecular complexity index is 491. The molecule has 0 amide bonds. The van der Waals surface area contributed by atoms with Crippen molar-refractivity contribution in [1.29, 1.82) is 0 Å². The lowest BCUT2D eigenvalue weighted by molar-refractivity contribution is -0.348. The zero-order chi connectivity index (χ0) is 15.9. The minimum Gasteiger partial charge on any atom is -0.218 e. The summed E-state index contributed by atoms with van der Waals surface area (Å²) >= 11 is 10.7. The molecule has 0 atom stereocenters. The third-order valence-corrected chi connectivity index (χ3v) is 3.11. The van der Waals surface area contributed by atoms with E-state index >= 15 is 0 Å². The fourth-order valence-electron chi connectivity index (χ4n) is 1.65. The van der Waals surface area contributed by atoms with Gasteiger partial charge in [0.15, 0.2) is 0 Å². The van der Waals surface area contributed by atoms with Gasteiger partial charge in [0.25, 0.3) is 0 Å². The Labute approximate surface area is 119 Å². The molecular formula is C11H6Cl2F7. The van der Waals surface area contributed by atoms with E-state index in [0.29, 0.717) is 0 Å². The fourth-order valence-corrected chi connectivity index (χ4v) is 2.25. The summed E-state index contributed by atoms with van der Waals surface area (Å²) in [7, 11) is 0. The maximum atomic E-state index is 14.0. The number of aryl methyl sites for hydroxylation is 1. The maximum Gasteiger partial charge on any atom is 0.435 e. The van der Waals surface area contributed by atoms with E-state index in [1.807, 2.05) is 0 Å². The molecule has 0 unspecified atom stereocenters. The van der Waals surface area contributed by atoms with Gasteiger partial charge in [0.1, 0.15) is 0 Å². The normalized spacial score (nSPS) is 13.7. The summed E-state index contributed by atoms with van der Waals surface area (Å²) in [5.74, 6) is -0.743. The Balaban J connectivity index is 3.77. The lowest BCUT2D eigenvalue weighted by atomic mass is 9.88. The van der Waals surface area contributed by atoms with E-state index in [2.05, 4.69) is 6.07 Å². The van der Waals surface area contributed by atoms with Crippen molar-refractivity contribution < 1.29 is 30.7 Å². The van der Waals surface area contributed by atoms with Crippen molar-refractivity contribution in [2.45, 2.75) is 30.8 Å². The van der Waals surface area contributed by atoms with Crippen LogP contribution in [0.2, 0.25) is 5.02 Å². The molecule has 9 heteroatoms. The molecule has 0 saturated carbocycles. The third-order valence-electron chi connectivity index (χ3n) is 2.64. The number of hydrogen-bond donors (Lipinski definition) is 0. The first-order valence-corrected chi connectivity index (χ1v) is 5.87. The van der Waals surface area contributed by atoms with Crippen LogP contribution in [0, 0.1) is 13.0 Å². The molecule has 0 saturated heterocycles. The summed E-state index contributed by atoms with van der Waals surface area (Å²) in [4.78, 5) is 0. The second-order valence-electron chi connectivity index (χ2n) is 3.92. The lowest BCUT2D eigenvalue weighted by Gasteiger charge is -2.32. The molecule has 0 spiro atoms. The zero-order valence-electron chi connectivity index (χ0n) is 9.69. The summed E-state index contributed by atoms with van der Waals surface area (Å²) in [6.07, 6.45) is -12.4. The van der Waals surface area contributed by atoms with Gasteiger partial charge in [-0.2, -0.15) is 26.3 Å². The van der Waals surface area contributed by atoms with Crippen LogP contribution in [-0.2, 0) is 11.5 Å². The van der Waals surface area contributed by atoms with E-state index in [-0.39, 0.29) is 11.6 Å². The highest BCUT2D eigenvalue weighted by molar-refractivity contribution is 6.30. The second kappa shape index (κ2) is 5.26. The van der Waals surface area contributed by atoms with Gasteiger partial charge in [0.05, 0.1) is 0 Å². The third kappa shape index (κ3) is 2.70. The summed E-state index contributed by atoms with van der Waals surface area (Å²) in [6.45, 7) is 1.14. The number of alkyl halides is 8. The van der Waals surface area contributed by atoms with Crippen LogP contribution in [0.15, 0.2) is 6.07 Å². The van der Waals surface area contributed by atoms with Crippen molar-refractivity contribution in [1.82, 2.24) is 0 Å². The maximum absolute atomic E-state index is 14.0. The van der Waals surface area contributed by atoms with E-state index in [4.69, 9.17) is 23.2 Å². The van der Waals surface area contributed by atoms with Crippen molar-refractivity contribution in [3.05, 3.63) is 33.8 Å².